The molecule has 3 aliphatic rings. The number of nitrogens with zero attached hydrogens (tertiary/aromatic N) is 8. The van der Waals surface area contributed by atoms with E-state index in [1.54, 1.807) is 23.6 Å². The molecular formula is C51H100N9O3+3. The monoisotopic (exact) mass is 887 g/mol. The molecule has 0 aliphatic carbocycles. The highest BCUT2D eigenvalue weighted by molar-refractivity contribution is 5.94. The molecule has 3 heterocycles. The number of likely N-dealkylation sites (N-methyl/N-ethyl adjacent to an activating group) is 4. The average molecular weight is 887 g/mol. The molecule has 0 radical (unpaired) electrons. The molecule has 0 aromatic heterocycles. The highest BCUT2D eigenvalue weighted by Crippen LogP contribution is 2.24. The molecule has 0 aromatic carbocycles. The lowest BCUT2D eigenvalue weighted by atomic mass is 10.1. The van der Waals surface area contributed by atoms with Crippen molar-refractivity contribution in [2.45, 2.75) is 67.0 Å². The number of amidine groups is 3. The molecule has 4 atom stereocenters. The van der Waals surface area contributed by atoms with Gasteiger partial charge in [-0.15, -0.1) is 6.42 Å². The summed E-state index contributed by atoms with van der Waals surface area (Å²) < 4.78 is 2.49. The van der Waals surface area contributed by atoms with Gasteiger partial charge in [-0.05, 0) is 115 Å². The minimum absolute atomic E-state index is 0. The fourth-order valence-electron chi connectivity index (χ4n) is 6.01. The molecule has 3 amide bonds. The first kappa shape index (κ1) is 53.9. The van der Waals surface area contributed by atoms with Gasteiger partial charge in [0.25, 0.3) is 5.91 Å². The molecule has 3 aliphatic heterocycles. The van der Waals surface area contributed by atoms with E-state index in [0.29, 0.717) is 25.2 Å². The predicted molar refractivity (Wildman–Crippen MR) is 294 cm³/mol. The summed E-state index contributed by atoms with van der Waals surface area (Å²) in [6, 6.07) is 0.908. The molecule has 0 fully saturated rings. The second-order valence-electron chi connectivity index (χ2n) is 15.6. The summed E-state index contributed by atoms with van der Waals surface area (Å²) in [5.41, 5.74) is 0. The van der Waals surface area contributed by atoms with Crippen molar-refractivity contribution in [3.63, 3.8) is 0 Å². The minimum Gasteiger partial charge on any atom is -0.351 e. The van der Waals surface area contributed by atoms with Gasteiger partial charge < -0.3 is 15.1 Å². The van der Waals surface area contributed by atoms with Gasteiger partial charge in [-0.2, -0.15) is 0 Å². The van der Waals surface area contributed by atoms with Crippen LogP contribution in [0.2, 0.25) is 0 Å². The predicted octanol–water partition coefficient (Wildman–Crippen LogP) is 6.17. The van der Waals surface area contributed by atoms with Crippen LogP contribution in [0.15, 0.2) is 15.0 Å². The summed E-state index contributed by atoms with van der Waals surface area (Å²) >= 11 is 0. The molecule has 3 rings (SSSR count). The number of rotatable bonds is 10. The van der Waals surface area contributed by atoms with Crippen LogP contribution in [0.3, 0.4) is 0 Å². The van der Waals surface area contributed by atoms with Crippen molar-refractivity contribution in [1.29, 1.82) is 0 Å². The average Bonchev–Trinajstić information content (AvgIpc) is 3.82. The van der Waals surface area contributed by atoms with Gasteiger partial charge in [0.05, 0.1) is 60.8 Å². The van der Waals surface area contributed by atoms with Crippen molar-refractivity contribution >= 4 is 35.2 Å². The van der Waals surface area contributed by atoms with E-state index >= 15 is 0 Å². The SMILES string of the molecule is C#CC#CC#CC#CC#CC#CC#CC#CC#CC#CC(=O)N(CC)CC[N+]1(C)CCN=C1C.CC(=O)N(C)CCC1=NC(C)C(C)[N+]1(C)C.CC(=O)NCC[N+]1(C)CCN=C1C.[HH].[HH].[HH].[HH].[HH].[HH].[HH].[HH].[HH].[HH].[HH].[HH].[HH].[HH].[HH].[HH].[HH].[HH].[HH]. The Morgan fingerprint density at radius 1 is 0.730 bits per heavy atom. The molecule has 1 N–H and O–H groups in total. The maximum Gasteiger partial charge on any atom is 0.299 e. The molecule has 12 heteroatoms. The van der Waals surface area contributed by atoms with Gasteiger partial charge in [-0.3, -0.25) is 27.8 Å². The Morgan fingerprint density at radius 2 is 1.17 bits per heavy atom. The van der Waals surface area contributed by atoms with Gasteiger partial charge in [0, 0.05) is 92.7 Å². The molecule has 12 nitrogen and oxygen atoms in total. The number of carbonyl (C=O) groups is 3. The molecule has 0 saturated carbocycles. The molecule has 0 saturated heterocycles. The Kier molecular flexibility index (Phi) is 24.3. The molecule has 63 heavy (non-hydrogen) atoms. The van der Waals surface area contributed by atoms with Gasteiger partial charge in [-0.25, -0.2) is 15.0 Å². The van der Waals surface area contributed by atoms with E-state index in [4.69, 9.17) is 11.4 Å². The third-order valence-corrected chi connectivity index (χ3v) is 11.1. The lowest BCUT2D eigenvalue weighted by molar-refractivity contribution is -0.820. The van der Waals surface area contributed by atoms with E-state index < -0.39 is 0 Å². The van der Waals surface area contributed by atoms with Crippen LogP contribution in [0, 0.1) is 119 Å². The van der Waals surface area contributed by atoms with Crippen LogP contribution in [0.5, 0.6) is 0 Å². The van der Waals surface area contributed by atoms with Crippen molar-refractivity contribution in [3.8, 4) is 119 Å². The van der Waals surface area contributed by atoms with Crippen molar-refractivity contribution in [3.05, 3.63) is 0 Å². The lowest BCUT2D eigenvalue weighted by Crippen LogP contribution is -2.50. The van der Waals surface area contributed by atoms with Crippen molar-refractivity contribution < 1.29 is 54.9 Å². The zero-order chi connectivity index (χ0) is 47.3. The Balaban J connectivity index is -0.0000000422. The Bertz CT molecular complexity index is 2480. The van der Waals surface area contributed by atoms with E-state index in [2.05, 4.69) is 177 Å². The minimum atomic E-state index is -0.254. The molecule has 4 unspecified atom stereocenters. The van der Waals surface area contributed by atoms with Crippen molar-refractivity contribution in [2.24, 2.45) is 15.0 Å². The van der Waals surface area contributed by atoms with E-state index in [9.17, 15) is 14.4 Å². The normalized spacial score (nSPS) is 19.8. The van der Waals surface area contributed by atoms with Crippen LogP contribution in [0.25, 0.3) is 0 Å². The van der Waals surface area contributed by atoms with Gasteiger partial charge in [0.15, 0.2) is 17.5 Å². The zero-order valence-corrected chi connectivity index (χ0v) is 39.3. The van der Waals surface area contributed by atoms with Crippen LogP contribution < -0.4 is 5.32 Å². The zero-order valence-electron chi connectivity index (χ0n) is 39.3. The first-order chi connectivity index (χ1) is 29.8. The van der Waals surface area contributed by atoms with Crippen LogP contribution >= 0.6 is 0 Å². The number of carbonyl (C=O) groups excluding carboxylic acids is 3. The fourth-order valence-corrected chi connectivity index (χ4v) is 6.01. The third kappa shape index (κ3) is 20.3. The van der Waals surface area contributed by atoms with Crippen LogP contribution in [0.4, 0.5) is 0 Å². The highest BCUT2D eigenvalue weighted by Gasteiger charge is 2.40. The summed E-state index contributed by atoms with van der Waals surface area (Å²) in [6.45, 7) is 21.8. The van der Waals surface area contributed by atoms with Crippen molar-refractivity contribution in [2.75, 3.05) is 101 Å². The van der Waals surface area contributed by atoms with E-state index in [0.717, 1.165) is 78.1 Å². The second kappa shape index (κ2) is 28.4. The highest BCUT2D eigenvalue weighted by atomic mass is 16.2. The van der Waals surface area contributed by atoms with Crippen LogP contribution in [-0.2, 0) is 14.4 Å². The third-order valence-electron chi connectivity index (χ3n) is 11.1. The molecular weight excluding hydrogens is 787 g/mol. The van der Waals surface area contributed by atoms with Gasteiger partial charge >= 0.3 is 0 Å². The van der Waals surface area contributed by atoms with Crippen molar-refractivity contribution in [1.82, 2.24) is 15.1 Å². The largest absolute Gasteiger partial charge is 0.351 e. The number of hydrogen-bond acceptors (Lipinski definition) is 6. The molecule has 0 spiro atoms. The summed E-state index contributed by atoms with van der Waals surface area (Å²) in [7, 11) is 10.5. The number of quaternary nitrogens is 3. The second-order valence-corrected chi connectivity index (χ2v) is 15.6. The number of aliphatic imine (C=N–C) groups is 3. The smallest absolute Gasteiger partial charge is 0.299 e. The Hall–Kier alpha value is -7.10. The molecule has 0 aromatic rings. The Morgan fingerprint density at radius 3 is 1.54 bits per heavy atom. The van der Waals surface area contributed by atoms with E-state index in [1.807, 2.05) is 20.9 Å². The molecule has 0 bridgehead atoms. The summed E-state index contributed by atoms with van der Waals surface area (Å²) in [5, 5.41) is 2.81. The maximum atomic E-state index is 12.3. The summed E-state index contributed by atoms with van der Waals surface area (Å²) in [4.78, 5) is 51.0. The number of nitrogens with one attached hydrogen (secondary N) is 1. The van der Waals surface area contributed by atoms with Gasteiger partial charge in [0.2, 0.25) is 11.8 Å². The first-order valence-electron chi connectivity index (χ1n) is 20.7. The quantitative estimate of drug-likeness (QED) is 0.210. The van der Waals surface area contributed by atoms with Crippen LogP contribution in [-0.4, -0.2) is 171 Å². The standard InChI is InChI=1S/C30H20N3O.C12H24N3O.C9H17N3O.19H2/c1-5-7-8-9-10-11-12-13-14-15-16-17-18-19-20-21-22-23-24-30(34)32(6-2)26-28-33(4)27-25-31-29(33)3;1-9-10(2)15(5,6)12(13-9)7-8-14(4)11(3)16;1-8-10-4-6-12(8,3)7-5-11-9(2)13;;;;;;;;;;;;;;;;;;;/h1H,6,25-28H2,2-4H3;9-10H,7-8H2,1-6H3;4-7H2,1-3H3;19*1H/q2*+1;;;;;;;;;;;;;;;;;;;;/p+1. The van der Waals surface area contributed by atoms with E-state index in [1.165, 1.54) is 11.7 Å². The van der Waals surface area contributed by atoms with Gasteiger partial charge in [-0.1, -0.05) is 0 Å². The molecule has 364 valence electrons. The lowest BCUT2D eigenvalue weighted by Gasteiger charge is -2.31. The number of amides is 3. The van der Waals surface area contributed by atoms with E-state index in [-0.39, 0.29) is 44.8 Å². The van der Waals surface area contributed by atoms with Gasteiger partial charge in [0.1, 0.15) is 38.3 Å². The summed E-state index contributed by atoms with van der Waals surface area (Å²) in [5.74, 6) is 50.3. The first-order valence-corrected chi connectivity index (χ1v) is 20.7. The maximum absolute atomic E-state index is 12.3. The number of terminal acetylenes is 1. The number of hydrogen-bond donors (Lipinski definition) is 1. The topological polar surface area (TPSA) is 107 Å². The Labute approximate surface area is 406 Å². The fraction of sp³-hybridized carbons (Fsp3) is 0.490. The van der Waals surface area contributed by atoms with Crippen LogP contribution in [0.1, 0.15) is 82.0 Å². The summed E-state index contributed by atoms with van der Waals surface area (Å²) in [6.07, 6.45) is 5.81.